The first-order chi connectivity index (χ1) is 11.2. The highest BCUT2D eigenvalue weighted by Crippen LogP contribution is 2.37. The molecule has 0 bridgehead atoms. The van der Waals surface area contributed by atoms with Crippen LogP contribution in [0.15, 0.2) is 71.7 Å². The Balaban J connectivity index is 1.83. The molecule has 0 saturated carbocycles. The second kappa shape index (κ2) is 6.86. The maximum Gasteiger partial charge on any atom is 0.298 e. The highest BCUT2D eigenvalue weighted by atomic mass is 35.5. The number of thioether (sulfide) groups is 1. The van der Waals surface area contributed by atoms with Crippen LogP contribution < -0.4 is 4.90 Å². The summed E-state index contributed by atoms with van der Waals surface area (Å²) in [6, 6.07) is 16.5. The second-order valence-corrected chi connectivity index (χ2v) is 6.16. The van der Waals surface area contributed by atoms with Crippen molar-refractivity contribution in [1.29, 1.82) is 0 Å². The summed E-state index contributed by atoms with van der Waals surface area (Å²) in [5.41, 5.74) is 1.43. The van der Waals surface area contributed by atoms with E-state index in [0.717, 1.165) is 22.2 Å². The first-order valence-electron chi connectivity index (χ1n) is 6.91. The standard InChI is InChI=1S/C18H12ClNO2S/c19-14-10-4-5-11-15(14)20-17(21)16(23-18(20)22)12-6-9-13-7-2-1-3-8-13/h1-12H/b9-6+,16-12+. The highest BCUT2D eigenvalue weighted by molar-refractivity contribution is 8.18. The summed E-state index contributed by atoms with van der Waals surface area (Å²) in [5.74, 6) is -0.356. The Hall–Kier alpha value is -2.30. The third-order valence-corrected chi connectivity index (χ3v) is 4.43. The van der Waals surface area contributed by atoms with Gasteiger partial charge in [0.05, 0.1) is 15.6 Å². The third-order valence-electron chi connectivity index (χ3n) is 3.22. The minimum atomic E-state index is -0.356. The number of amides is 2. The molecule has 5 heteroatoms. The van der Waals surface area contributed by atoms with Gasteiger partial charge in [-0.05, 0) is 35.5 Å². The van der Waals surface area contributed by atoms with Crippen molar-refractivity contribution in [3.63, 3.8) is 0 Å². The van der Waals surface area contributed by atoms with Crippen LogP contribution in [0.5, 0.6) is 0 Å². The van der Waals surface area contributed by atoms with E-state index in [1.54, 1.807) is 36.4 Å². The maximum atomic E-state index is 12.4. The summed E-state index contributed by atoms with van der Waals surface area (Å²) in [6.07, 6.45) is 5.29. The number of halogens is 1. The Labute approximate surface area is 143 Å². The number of hydrogen-bond acceptors (Lipinski definition) is 3. The molecule has 1 aliphatic heterocycles. The molecule has 114 valence electrons. The fourth-order valence-corrected chi connectivity index (χ4v) is 3.14. The van der Waals surface area contributed by atoms with E-state index in [9.17, 15) is 9.59 Å². The third kappa shape index (κ3) is 3.38. The van der Waals surface area contributed by atoms with Crippen LogP contribution in [-0.2, 0) is 4.79 Å². The van der Waals surface area contributed by atoms with Gasteiger partial charge in [-0.15, -0.1) is 0 Å². The number of hydrogen-bond donors (Lipinski definition) is 0. The molecule has 0 atom stereocenters. The minimum absolute atomic E-state index is 0.345. The van der Waals surface area contributed by atoms with E-state index in [1.807, 2.05) is 36.4 Å². The number of anilines is 1. The Morgan fingerprint density at radius 3 is 2.39 bits per heavy atom. The molecule has 0 aliphatic carbocycles. The fourth-order valence-electron chi connectivity index (χ4n) is 2.13. The van der Waals surface area contributed by atoms with Gasteiger partial charge in [-0.3, -0.25) is 9.59 Å². The average molecular weight is 342 g/mol. The number of imide groups is 1. The predicted octanol–water partition coefficient (Wildman–Crippen LogP) is 5.14. The largest absolute Gasteiger partial charge is 0.298 e. The first kappa shape index (κ1) is 15.6. The molecular formula is C18H12ClNO2S. The molecule has 0 spiro atoms. The molecule has 2 aromatic rings. The van der Waals surface area contributed by atoms with Gasteiger partial charge in [-0.2, -0.15) is 0 Å². The monoisotopic (exact) mass is 341 g/mol. The molecule has 1 heterocycles. The summed E-state index contributed by atoms with van der Waals surface area (Å²) in [4.78, 5) is 26.0. The van der Waals surface area contributed by atoms with E-state index in [1.165, 1.54) is 0 Å². The zero-order chi connectivity index (χ0) is 16.2. The Bertz CT molecular complexity index is 815. The van der Waals surface area contributed by atoms with Crippen molar-refractivity contribution in [1.82, 2.24) is 0 Å². The van der Waals surface area contributed by atoms with Crippen LogP contribution in [0.3, 0.4) is 0 Å². The number of benzene rings is 2. The van der Waals surface area contributed by atoms with Crippen molar-refractivity contribution in [2.75, 3.05) is 4.90 Å². The lowest BCUT2D eigenvalue weighted by Gasteiger charge is -2.13. The number of allylic oxidation sites excluding steroid dienone is 2. The molecule has 1 aliphatic rings. The molecule has 1 saturated heterocycles. The van der Waals surface area contributed by atoms with Crippen molar-refractivity contribution in [2.45, 2.75) is 0 Å². The molecule has 3 nitrogen and oxygen atoms in total. The summed E-state index contributed by atoms with van der Waals surface area (Å²) in [7, 11) is 0. The maximum absolute atomic E-state index is 12.4. The Kier molecular flexibility index (Phi) is 4.65. The van der Waals surface area contributed by atoms with E-state index < -0.39 is 0 Å². The minimum Gasteiger partial charge on any atom is -0.268 e. The lowest BCUT2D eigenvalue weighted by Crippen LogP contribution is -2.27. The van der Waals surface area contributed by atoms with Crippen LogP contribution >= 0.6 is 23.4 Å². The molecule has 0 radical (unpaired) electrons. The van der Waals surface area contributed by atoms with E-state index in [0.29, 0.717) is 15.6 Å². The van der Waals surface area contributed by atoms with E-state index in [4.69, 9.17) is 11.6 Å². The molecule has 1 fully saturated rings. The van der Waals surface area contributed by atoms with Crippen molar-refractivity contribution in [3.05, 3.63) is 82.2 Å². The number of nitrogens with zero attached hydrogens (tertiary/aromatic N) is 1. The van der Waals surface area contributed by atoms with E-state index in [-0.39, 0.29) is 11.1 Å². The molecular weight excluding hydrogens is 330 g/mol. The highest BCUT2D eigenvalue weighted by Gasteiger charge is 2.36. The van der Waals surface area contributed by atoms with Crippen LogP contribution in [0.2, 0.25) is 5.02 Å². The fraction of sp³-hybridized carbons (Fsp3) is 0. The van der Waals surface area contributed by atoms with Gasteiger partial charge in [0.15, 0.2) is 0 Å². The first-order valence-corrected chi connectivity index (χ1v) is 8.10. The lowest BCUT2D eigenvalue weighted by molar-refractivity contribution is -0.113. The summed E-state index contributed by atoms with van der Waals surface area (Å²) < 4.78 is 0. The van der Waals surface area contributed by atoms with Crippen LogP contribution in [-0.4, -0.2) is 11.1 Å². The van der Waals surface area contributed by atoms with Gasteiger partial charge < -0.3 is 0 Å². The van der Waals surface area contributed by atoms with Crippen molar-refractivity contribution < 1.29 is 9.59 Å². The molecule has 23 heavy (non-hydrogen) atoms. The van der Waals surface area contributed by atoms with Gasteiger partial charge in [-0.25, -0.2) is 4.90 Å². The number of carbonyl (C=O) groups excluding carboxylic acids is 2. The SMILES string of the molecule is O=C1S/C(=C/C=C/c2ccccc2)C(=O)N1c1ccccc1Cl. The molecule has 0 N–H and O–H groups in total. The zero-order valence-corrected chi connectivity index (χ0v) is 13.6. The van der Waals surface area contributed by atoms with Crippen LogP contribution in [0, 0.1) is 0 Å². The van der Waals surface area contributed by atoms with Gasteiger partial charge in [0.2, 0.25) is 0 Å². The molecule has 0 unspecified atom stereocenters. The normalized spacial score (nSPS) is 16.7. The summed E-state index contributed by atoms with van der Waals surface area (Å²) >= 11 is 6.99. The smallest absolute Gasteiger partial charge is 0.268 e. The van der Waals surface area contributed by atoms with Crippen molar-refractivity contribution in [2.24, 2.45) is 0 Å². The molecule has 0 aromatic heterocycles. The van der Waals surface area contributed by atoms with Crippen molar-refractivity contribution in [3.8, 4) is 0 Å². The van der Waals surface area contributed by atoms with E-state index >= 15 is 0 Å². The zero-order valence-electron chi connectivity index (χ0n) is 12.0. The van der Waals surface area contributed by atoms with Gasteiger partial charge in [0.25, 0.3) is 11.1 Å². The van der Waals surface area contributed by atoms with Crippen LogP contribution in [0.25, 0.3) is 6.08 Å². The van der Waals surface area contributed by atoms with E-state index in [2.05, 4.69) is 0 Å². The van der Waals surface area contributed by atoms with Crippen molar-refractivity contribution >= 4 is 46.3 Å². The van der Waals surface area contributed by atoms with Gasteiger partial charge in [0.1, 0.15) is 0 Å². The Morgan fingerprint density at radius 1 is 0.957 bits per heavy atom. The predicted molar refractivity (Wildman–Crippen MR) is 95.5 cm³/mol. The molecule has 2 aromatic carbocycles. The summed E-state index contributed by atoms with van der Waals surface area (Å²) in [5, 5.41) is 0.0262. The quantitative estimate of drug-likeness (QED) is 0.725. The molecule has 2 amide bonds. The number of carbonyl (C=O) groups is 2. The van der Waals surface area contributed by atoms with Gasteiger partial charge >= 0.3 is 0 Å². The van der Waals surface area contributed by atoms with Gasteiger partial charge in [-0.1, -0.05) is 66.2 Å². The number of rotatable bonds is 3. The molecule has 3 rings (SSSR count). The number of para-hydroxylation sites is 1. The Morgan fingerprint density at radius 2 is 1.65 bits per heavy atom. The van der Waals surface area contributed by atoms with Gasteiger partial charge in [0, 0.05) is 0 Å². The van der Waals surface area contributed by atoms with Crippen LogP contribution in [0.1, 0.15) is 5.56 Å². The topological polar surface area (TPSA) is 37.4 Å². The average Bonchev–Trinajstić information content (AvgIpc) is 2.83. The summed E-state index contributed by atoms with van der Waals surface area (Å²) in [6.45, 7) is 0. The lowest BCUT2D eigenvalue weighted by atomic mass is 10.2. The van der Waals surface area contributed by atoms with Crippen LogP contribution in [0.4, 0.5) is 10.5 Å². The second-order valence-electron chi connectivity index (χ2n) is 4.76.